The maximum atomic E-state index is 6.33. The Morgan fingerprint density at radius 3 is 2.44 bits per heavy atom. The molecule has 0 spiro atoms. The Bertz CT molecular complexity index is 344. The summed E-state index contributed by atoms with van der Waals surface area (Å²) >= 11 is 6.33. The van der Waals surface area contributed by atoms with E-state index in [1.807, 2.05) is 11.6 Å². The van der Waals surface area contributed by atoms with Crippen LogP contribution in [-0.4, -0.2) is 15.8 Å². The highest BCUT2D eigenvalue weighted by molar-refractivity contribution is 6.31. The van der Waals surface area contributed by atoms with E-state index >= 15 is 0 Å². The molecule has 16 heavy (non-hydrogen) atoms. The van der Waals surface area contributed by atoms with E-state index in [1.165, 1.54) is 0 Å². The van der Waals surface area contributed by atoms with Crippen molar-refractivity contribution in [2.45, 2.75) is 53.1 Å². The third kappa shape index (κ3) is 2.77. The molecular formula is C12H22ClN3. The highest BCUT2D eigenvalue weighted by atomic mass is 35.5. The van der Waals surface area contributed by atoms with Gasteiger partial charge in [-0.05, 0) is 32.6 Å². The van der Waals surface area contributed by atoms with Gasteiger partial charge in [0.05, 0.1) is 16.4 Å². The van der Waals surface area contributed by atoms with E-state index in [-0.39, 0.29) is 6.04 Å². The second-order valence-electron chi connectivity index (χ2n) is 4.42. The molecule has 0 fully saturated rings. The highest BCUT2D eigenvalue weighted by Gasteiger charge is 2.18. The van der Waals surface area contributed by atoms with Crippen LogP contribution in [0.15, 0.2) is 0 Å². The number of aryl methyl sites for hydroxylation is 2. The second kappa shape index (κ2) is 5.69. The van der Waals surface area contributed by atoms with Crippen LogP contribution in [0.3, 0.4) is 0 Å². The molecule has 3 nitrogen and oxygen atoms in total. The molecular weight excluding hydrogens is 222 g/mol. The topological polar surface area (TPSA) is 43.8 Å². The normalized spacial score (nSPS) is 15.1. The minimum absolute atomic E-state index is 0.182. The average Bonchev–Trinajstić information content (AvgIpc) is 2.55. The van der Waals surface area contributed by atoms with Crippen molar-refractivity contribution in [3.8, 4) is 0 Å². The zero-order chi connectivity index (χ0) is 12.3. The van der Waals surface area contributed by atoms with Gasteiger partial charge in [0.1, 0.15) is 0 Å². The van der Waals surface area contributed by atoms with Gasteiger partial charge < -0.3 is 5.73 Å². The zero-order valence-electron chi connectivity index (χ0n) is 10.6. The summed E-state index contributed by atoms with van der Waals surface area (Å²) in [6.45, 7) is 9.21. The average molecular weight is 244 g/mol. The van der Waals surface area contributed by atoms with Gasteiger partial charge in [-0.2, -0.15) is 5.10 Å². The lowest BCUT2D eigenvalue weighted by molar-refractivity contribution is 0.460. The molecule has 1 aromatic heterocycles. The quantitative estimate of drug-likeness (QED) is 0.864. The lowest BCUT2D eigenvalue weighted by Crippen LogP contribution is -2.26. The molecule has 92 valence electrons. The summed E-state index contributed by atoms with van der Waals surface area (Å²) < 4.78 is 2.00. The highest BCUT2D eigenvalue weighted by Crippen LogP contribution is 2.24. The Morgan fingerprint density at radius 1 is 1.38 bits per heavy atom. The van der Waals surface area contributed by atoms with Crippen LogP contribution >= 0.6 is 11.6 Å². The number of rotatable bonds is 5. The molecule has 0 radical (unpaired) electrons. The maximum Gasteiger partial charge on any atom is 0.0849 e. The molecule has 0 amide bonds. The lowest BCUT2D eigenvalue weighted by Gasteiger charge is -2.16. The SMILES string of the molecule is CCc1nn(CC)c(CC(C)C(C)N)c1Cl. The van der Waals surface area contributed by atoms with Crippen molar-refractivity contribution in [3.63, 3.8) is 0 Å². The van der Waals surface area contributed by atoms with Crippen LogP contribution in [-0.2, 0) is 19.4 Å². The van der Waals surface area contributed by atoms with Crippen molar-refractivity contribution in [1.29, 1.82) is 0 Å². The molecule has 0 aliphatic carbocycles. The van der Waals surface area contributed by atoms with E-state index in [2.05, 4.69) is 25.9 Å². The van der Waals surface area contributed by atoms with E-state index in [9.17, 15) is 0 Å². The molecule has 2 N–H and O–H groups in total. The molecule has 0 saturated heterocycles. The molecule has 1 heterocycles. The zero-order valence-corrected chi connectivity index (χ0v) is 11.4. The van der Waals surface area contributed by atoms with Gasteiger partial charge in [-0.1, -0.05) is 25.4 Å². The smallest absolute Gasteiger partial charge is 0.0849 e. The number of nitrogens with two attached hydrogens (primary N) is 1. The van der Waals surface area contributed by atoms with E-state index < -0.39 is 0 Å². The predicted molar refractivity (Wildman–Crippen MR) is 68.8 cm³/mol. The molecule has 1 aromatic rings. The van der Waals surface area contributed by atoms with Crippen molar-refractivity contribution >= 4 is 11.6 Å². The van der Waals surface area contributed by atoms with E-state index in [1.54, 1.807) is 0 Å². The summed E-state index contributed by atoms with van der Waals surface area (Å²) in [5.41, 5.74) is 8.02. The van der Waals surface area contributed by atoms with Crippen molar-refractivity contribution in [2.24, 2.45) is 11.7 Å². The first kappa shape index (κ1) is 13.5. The van der Waals surface area contributed by atoms with Gasteiger partial charge >= 0.3 is 0 Å². The number of halogens is 1. The fourth-order valence-electron chi connectivity index (χ4n) is 1.70. The Hall–Kier alpha value is -0.540. The molecule has 2 unspecified atom stereocenters. The van der Waals surface area contributed by atoms with E-state index in [0.717, 1.165) is 35.8 Å². The van der Waals surface area contributed by atoms with Gasteiger partial charge in [-0.15, -0.1) is 0 Å². The van der Waals surface area contributed by atoms with Gasteiger partial charge in [0, 0.05) is 12.6 Å². The lowest BCUT2D eigenvalue weighted by atomic mass is 9.98. The third-order valence-corrected chi connectivity index (χ3v) is 3.54. The van der Waals surface area contributed by atoms with Gasteiger partial charge in [0.25, 0.3) is 0 Å². The number of hydrogen-bond acceptors (Lipinski definition) is 2. The fourth-order valence-corrected chi connectivity index (χ4v) is 2.05. The predicted octanol–water partition coefficient (Wildman–Crippen LogP) is 2.64. The molecule has 0 bridgehead atoms. The van der Waals surface area contributed by atoms with Crippen molar-refractivity contribution in [3.05, 3.63) is 16.4 Å². The van der Waals surface area contributed by atoms with Crippen LogP contribution < -0.4 is 5.73 Å². The fraction of sp³-hybridized carbons (Fsp3) is 0.750. The number of hydrogen-bond donors (Lipinski definition) is 1. The standard InChI is InChI=1S/C12H22ClN3/c1-5-10-12(13)11(16(6-2)15-10)7-8(3)9(4)14/h8-9H,5-7,14H2,1-4H3. The minimum atomic E-state index is 0.182. The van der Waals surface area contributed by atoms with Crippen LogP contribution in [0.25, 0.3) is 0 Å². The molecule has 0 aromatic carbocycles. The van der Waals surface area contributed by atoms with Crippen LogP contribution in [0.1, 0.15) is 39.1 Å². The van der Waals surface area contributed by atoms with Gasteiger partial charge in [-0.3, -0.25) is 4.68 Å². The first-order valence-electron chi connectivity index (χ1n) is 6.00. The first-order valence-corrected chi connectivity index (χ1v) is 6.38. The Labute approximate surface area is 103 Å². The number of aromatic nitrogens is 2. The van der Waals surface area contributed by atoms with Crippen LogP contribution in [0.5, 0.6) is 0 Å². The van der Waals surface area contributed by atoms with Crippen LogP contribution in [0, 0.1) is 5.92 Å². The molecule has 0 aliphatic rings. The summed E-state index contributed by atoms with van der Waals surface area (Å²) in [5.74, 6) is 0.421. The molecule has 0 aliphatic heterocycles. The Morgan fingerprint density at radius 2 is 2.00 bits per heavy atom. The van der Waals surface area contributed by atoms with E-state index in [4.69, 9.17) is 17.3 Å². The molecule has 4 heteroatoms. The second-order valence-corrected chi connectivity index (χ2v) is 4.80. The summed E-state index contributed by atoms with van der Waals surface area (Å²) in [4.78, 5) is 0. The van der Waals surface area contributed by atoms with Crippen molar-refractivity contribution in [2.75, 3.05) is 0 Å². The third-order valence-electron chi connectivity index (χ3n) is 3.11. The molecule has 1 rings (SSSR count). The summed E-state index contributed by atoms with van der Waals surface area (Å²) in [5, 5.41) is 5.33. The molecule has 2 atom stereocenters. The Balaban J connectivity index is 2.97. The molecule has 0 saturated carbocycles. The van der Waals surface area contributed by atoms with Crippen LogP contribution in [0.2, 0.25) is 5.02 Å². The monoisotopic (exact) mass is 243 g/mol. The number of nitrogens with zero attached hydrogens (tertiary/aromatic N) is 2. The minimum Gasteiger partial charge on any atom is -0.328 e. The van der Waals surface area contributed by atoms with Gasteiger partial charge in [0.15, 0.2) is 0 Å². The Kier molecular flexibility index (Phi) is 4.81. The van der Waals surface area contributed by atoms with Gasteiger partial charge in [0.2, 0.25) is 0 Å². The maximum absolute atomic E-state index is 6.33. The largest absolute Gasteiger partial charge is 0.328 e. The summed E-state index contributed by atoms with van der Waals surface area (Å²) in [6.07, 6.45) is 1.78. The summed E-state index contributed by atoms with van der Waals surface area (Å²) in [6, 6.07) is 0.182. The van der Waals surface area contributed by atoms with E-state index in [0.29, 0.717) is 5.92 Å². The first-order chi connectivity index (χ1) is 7.51. The van der Waals surface area contributed by atoms with Gasteiger partial charge in [-0.25, -0.2) is 0 Å². The summed E-state index contributed by atoms with van der Waals surface area (Å²) in [7, 11) is 0. The van der Waals surface area contributed by atoms with Crippen LogP contribution in [0.4, 0.5) is 0 Å². The van der Waals surface area contributed by atoms with Crippen molar-refractivity contribution in [1.82, 2.24) is 9.78 Å². The van der Waals surface area contributed by atoms with Crippen molar-refractivity contribution < 1.29 is 0 Å².